The summed E-state index contributed by atoms with van der Waals surface area (Å²) < 4.78 is 0. The van der Waals surface area contributed by atoms with Crippen LogP contribution < -0.4 is 10.6 Å². The molecular weight excluding hydrogens is 412 g/mol. The standard InChI is InChI=1S/C23H30N4O3S/c1-2-3-14-27(20(28)16-25-22(29)19-9-6-15-31-19)21(17-10-12-24-13-11-17)23(30)26-18-7-4-5-8-18/h6,9-13,15,18,21H,2-5,7-8,14,16H2,1H3,(H,25,29)(H,26,30)/t21-/m1/s1. The van der Waals surface area contributed by atoms with Gasteiger partial charge in [0.25, 0.3) is 5.91 Å². The molecule has 2 N–H and O–H groups in total. The summed E-state index contributed by atoms with van der Waals surface area (Å²) in [5, 5.41) is 7.65. The lowest BCUT2D eigenvalue weighted by atomic mass is 10.0. The molecule has 2 aromatic heterocycles. The number of carbonyl (C=O) groups is 3. The van der Waals surface area contributed by atoms with Crippen LogP contribution in [0.3, 0.4) is 0 Å². The van der Waals surface area contributed by atoms with Crippen molar-refractivity contribution in [2.45, 2.75) is 57.5 Å². The third-order valence-corrected chi connectivity index (χ3v) is 6.37. The van der Waals surface area contributed by atoms with E-state index in [1.807, 2.05) is 12.3 Å². The molecule has 3 rings (SSSR count). The van der Waals surface area contributed by atoms with E-state index < -0.39 is 6.04 Å². The number of nitrogens with zero attached hydrogens (tertiary/aromatic N) is 2. The number of unbranched alkanes of at least 4 members (excludes halogenated alkanes) is 1. The van der Waals surface area contributed by atoms with E-state index in [1.165, 1.54) is 11.3 Å². The van der Waals surface area contributed by atoms with E-state index in [-0.39, 0.29) is 30.3 Å². The van der Waals surface area contributed by atoms with Gasteiger partial charge in [-0.1, -0.05) is 32.3 Å². The molecule has 1 fully saturated rings. The Morgan fingerprint density at radius 3 is 2.58 bits per heavy atom. The maximum atomic E-state index is 13.3. The molecule has 1 atom stereocenters. The van der Waals surface area contributed by atoms with Crippen molar-refractivity contribution in [3.8, 4) is 0 Å². The van der Waals surface area contributed by atoms with Crippen molar-refractivity contribution >= 4 is 29.1 Å². The average molecular weight is 443 g/mol. The number of carbonyl (C=O) groups excluding carboxylic acids is 3. The van der Waals surface area contributed by atoms with E-state index in [2.05, 4.69) is 15.6 Å². The molecule has 8 heteroatoms. The first-order valence-corrected chi connectivity index (χ1v) is 11.8. The molecule has 0 bridgehead atoms. The molecule has 31 heavy (non-hydrogen) atoms. The zero-order valence-corrected chi connectivity index (χ0v) is 18.7. The highest BCUT2D eigenvalue weighted by atomic mass is 32.1. The van der Waals surface area contributed by atoms with Crippen molar-refractivity contribution in [1.82, 2.24) is 20.5 Å². The number of thiophene rings is 1. The Balaban J connectivity index is 1.78. The summed E-state index contributed by atoms with van der Waals surface area (Å²) in [6.45, 7) is 2.33. The van der Waals surface area contributed by atoms with Gasteiger partial charge in [0.1, 0.15) is 6.04 Å². The normalized spacial score (nSPS) is 14.7. The van der Waals surface area contributed by atoms with Gasteiger partial charge in [0, 0.05) is 25.0 Å². The van der Waals surface area contributed by atoms with Gasteiger partial charge in [-0.15, -0.1) is 11.3 Å². The van der Waals surface area contributed by atoms with Gasteiger partial charge in [0.05, 0.1) is 11.4 Å². The van der Waals surface area contributed by atoms with Crippen LogP contribution >= 0.6 is 11.3 Å². The second-order valence-electron chi connectivity index (χ2n) is 7.77. The fraction of sp³-hybridized carbons (Fsp3) is 0.478. The number of amides is 3. The maximum Gasteiger partial charge on any atom is 0.261 e. The fourth-order valence-electron chi connectivity index (χ4n) is 3.85. The minimum absolute atomic E-state index is 0.151. The van der Waals surface area contributed by atoms with Gasteiger partial charge in [0.2, 0.25) is 11.8 Å². The Bertz CT molecular complexity index is 851. The van der Waals surface area contributed by atoms with Crippen LogP contribution in [0.2, 0.25) is 0 Å². The Hall–Kier alpha value is -2.74. The Labute approximate surface area is 187 Å². The van der Waals surface area contributed by atoms with Crippen molar-refractivity contribution in [3.05, 3.63) is 52.5 Å². The first kappa shape index (κ1) is 22.9. The summed E-state index contributed by atoms with van der Waals surface area (Å²) in [7, 11) is 0. The van der Waals surface area contributed by atoms with Crippen molar-refractivity contribution in [2.75, 3.05) is 13.1 Å². The Morgan fingerprint density at radius 2 is 1.94 bits per heavy atom. The lowest BCUT2D eigenvalue weighted by Gasteiger charge is -2.32. The maximum absolute atomic E-state index is 13.3. The van der Waals surface area contributed by atoms with E-state index in [0.717, 1.165) is 44.1 Å². The van der Waals surface area contributed by atoms with Crippen LogP contribution in [0.15, 0.2) is 42.0 Å². The lowest BCUT2D eigenvalue weighted by Crippen LogP contribution is -2.49. The summed E-state index contributed by atoms with van der Waals surface area (Å²) in [6.07, 6.45) is 9.07. The molecule has 0 aromatic carbocycles. The summed E-state index contributed by atoms with van der Waals surface area (Å²) >= 11 is 1.32. The smallest absolute Gasteiger partial charge is 0.261 e. The van der Waals surface area contributed by atoms with Gasteiger partial charge in [-0.3, -0.25) is 19.4 Å². The predicted molar refractivity (Wildman–Crippen MR) is 121 cm³/mol. The third kappa shape index (κ3) is 6.37. The van der Waals surface area contributed by atoms with Crippen LogP contribution in [0.5, 0.6) is 0 Å². The largest absolute Gasteiger partial charge is 0.351 e. The number of hydrogen-bond acceptors (Lipinski definition) is 5. The number of rotatable bonds is 10. The Morgan fingerprint density at radius 1 is 1.19 bits per heavy atom. The quantitative estimate of drug-likeness (QED) is 0.591. The molecule has 0 aliphatic heterocycles. The third-order valence-electron chi connectivity index (χ3n) is 5.50. The van der Waals surface area contributed by atoms with E-state index in [4.69, 9.17) is 0 Å². The highest BCUT2D eigenvalue weighted by Crippen LogP contribution is 2.24. The van der Waals surface area contributed by atoms with Crippen LogP contribution in [0.1, 0.15) is 66.7 Å². The van der Waals surface area contributed by atoms with E-state index in [9.17, 15) is 14.4 Å². The minimum atomic E-state index is -0.749. The molecule has 1 aliphatic carbocycles. The molecule has 0 spiro atoms. The monoisotopic (exact) mass is 442 g/mol. The van der Waals surface area contributed by atoms with Gasteiger partial charge < -0.3 is 15.5 Å². The molecule has 1 aliphatic rings. The number of hydrogen-bond donors (Lipinski definition) is 2. The average Bonchev–Trinajstić information content (AvgIpc) is 3.49. The Kier molecular flexibility index (Phi) is 8.58. The number of aromatic nitrogens is 1. The molecular formula is C23H30N4O3S. The molecule has 0 saturated heterocycles. The number of nitrogens with one attached hydrogen (secondary N) is 2. The van der Waals surface area contributed by atoms with Crippen LogP contribution in [0.4, 0.5) is 0 Å². The van der Waals surface area contributed by atoms with Gasteiger partial charge in [-0.05, 0) is 48.4 Å². The zero-order chi connectivity index (χ0) is 22.1. The van der Waals surface area contributed by atoms with Gasteiger partial charge in [-0.2, -0.15) is 0 Å². The van der Waals surface area contributed by atoms with Gasteiger partial charge in [-0.25, -0.2) is 0 Å². The molecule has 7 nitrogen and oxygen atoms in total. The van der Waals surface area contributed by atoms with Crippen molar-refractivity contribution in [1.29, 1.82) is 0 Å². The number of pyridine rings is 1. The summed E-state index contributed by atoms with van der Waals surface area (Å²) in [5.74, 6) is -0.733. The molecule has 166 valence electrons. The second-order valence-corrected chi connectivity index (χ2v) is 8.72. The summed E-state index contributed by atoms with van der Waals surface area (Å²) in [5.41, 5.74) is 0.722. The van der Waals surface area contributed by atoms with Crippen LogP contribution in [-0.4, -0.2) is 46.7 Å². The molecule has 0 unspecified atom stereocenters. The molecule has 2 aromatic rings. The van der Waals surface area contributed by atoms with E-state index >= 15 is 0 Å². The highest BCUT2D eigenvalue weighted by Gasteiger charge is 2.32. The van der Waals surface area contributed by atoms with E-state index in [0.29, 0.717) is 11.4 Å². The SMILES string of the molecule is CCCCN(C(=O)CNC(=O)c1cccs1)[C@@H](C(=O)NC1CCCC1)c1ccncc1. The van der Waals surface area contributed by atoms with Gasteiger partial charge >= 0.3 is 0 Å². The molecule has 1 saturated carbocycles. The fourth-order valence-corrected chi connectivity index (χ4v) is 4.49. The van der Waals surface area contributed by atoms with Crippen LogP contribution in [0.25, 0.3) is 0 Å². The second kappa shape index (κ2) is 11.6. The van der Waals surface area contributed by atoms with Crippen molar-refractivity contribution < 1.29 is 14.4 Å². The lowest BCUT2D eigenvalue weighted by molar-refractivity contribution is -0.140. The summed E-state index contributed by atoms with van der Waals surface area (Å²) in [6, 6.07) is 6.46. The van der Waals surface area contributed by atoms with Crippen molar-refractivity contribution in [2.24, 2.45) is 0 Å². The van der Waals surface area contributed by atoms with E-state index in [1.54, 1.807) is 41.6 Å². The predicted octanol–water partition coefficient (Wildman–Crippen LogP) is 3.30. The highest BCUT2D eigenvalue weighted by molar-refractivity contribution is 7.12. The molecule has 3 amide bonds. The van der Waals surface area contributed by atoms with Crippen molar-refractivity contribution in [3.63, 3.8) is 0 Å². The van der Waals surface area contributed by atoms with Crippen LogP contribution in [0, 0.1) is 0 Å². The van der Waals surface area contributed by atoms with Crippen LogP contribution in [-0.2, 0) is 9.59 Å². The first-order chi connectivity index (χ1) is 15.1. The minimum Gasteiger partial charge on any atom is -0.351 e. The topological polar surface area (TPSA) is 91.4 Å². The molecule has 2 heterocycles. The van der Waals surface area contributed by atoms with Gasteiger partial charge in [0.15, 0.2) is 0 Å². The zero-order valence-electron chi connectivity index (χ0n) is 17.9. The summed E-state index contributed by atoms with van der Waals surface area (Å²) in [4.78, 5) is 45.0. The molecule has 0 radical (unpaired) electrons. The first-order valence-electron chi connectivity index (χ1n) is 10.9.